The predicted octanol–water partition coefficient (Wildman–Crippen LogP) is 2.43. The molecule has 1 heterocycles. The van der Waals surface area contributed by atoms with Crippen molar-refractivity contribution in [3.63, 3.8) is 0 Å². The second kappa shape index (κ2) is 5.52. The molecule has 0 aliphatic carbocycles. The fourth-order valence-electron chi connectivity index (χ4n) is 2.58. The molecule has 5 nitrogen and oxygen atoms in total. The third-order valence-electron chi connectivity index (χ3n) is 3.65. The number of benzene rings is 2. The fourth-order valence-corrected chi connectivity index (χ4v) is 2.58. The highest BCUT2D eigenvalue weighted by Crippen LogP contribution is 2.34. The fraction of sp³-hybridized carbons (Fsp3) is 0.176. The zero-order chi connectivity index (χ0) is 15.7. The van der Waals surface area contributed by atoms with Gasteiger partial charge >= 0.3 is 0 Å². The number of amides is 2. The number of hydrogen-bond acceptors (Lipinski definition) is 4. The number of fused-ring (bicyclic) bond motifs is 1. The van der Waals surface area contributed by atoms with Gasteiger partial charge in [0.05, 0.1) is 26.3 Å². The van der Waals surface area contributed by atoms with Crippen molar-refractivity contribution in [3.8, 4) is 11.5 Å². The predicted molar refractivity (Wildman–Crippen MR) is 81.5 cm³/mol. The maximum absolute atomic E-state index is 12.7. The molecule has 0 unspecified atom stereocenters. The number of methoxy groups -OCH3 is 2. The van der Waals surface area contributed by atoms with E-state index in [1.165, 1.54) is 19.1 Å². The molecule has 1 aliphatic heterocycles. The number of imide groups is 1. The normalized spacial score (nSPS) is 13.8. The van der Waals surface area contributed by atoms with E-state index in [0.717, 1.165) is 0 Å². The zero-order valence-electron chi connectivity index (χ0n) is 12.3. The summed E-state index contributed by atoms with van der Waals surface area (Å²) in [6, 6.07) is 12.2. The molecule has 2 aromatic rings. The molecule has 2 aromatic carbocycles. The number of anilines is 1. The number of ether oxygens (including phenoxy) is 2. The minimum atomic E-state index is -0.349. The van der Waals surface area contributed by atoms with E-state index in [1.807, 2.05) is 6.07 Å². The average Bonchev–Trinajstić information content (AvgIpc) is 2.54. The van der Waals surface area contributed by atoms with Crippen molar-refractivity contribution < 1.29 is 19.1 Å². The summed E-state index contributed by atoms with van der Waals surface area (Å²) in [4.78, 5) is 26.3. The Morgan fingerprint density at radius 1 is 0.955 bits per heavy atom. The van der Waals surface area contributed by atoms with Crippen molar-refractivity contribution in [2.24, 2.45) is 0 Å². The van der Waals surface area contributed by atoms with Crippen molar-refractivity contribution in [2.75, 3.05) is 19.1 Å². The van der Waals surface area contributed by atoms with Gasteiger partial charge in [-0.2, -0.15) is 0 Å². The molecule has 0 spiro atoms. The van der Waals surface area contributed by atoms with Crippen LogP contribution in [0.25, 0.3) is 0 Å². The first-order chi connectivity index (χ1) is 10.7. The Balaban J connectivity index is 2.10. The molecule has 0 atom stereocenters. The van der Waals surface area contributed by atoms with Crippen LogP contribution >= 0.6 is 0 Å². The molecule has 1 aliphatic rings. The van der Waals surface area contributed by atoms with Gasteiger partial charge in [0.2, 0.25) is 5.91 Å². The van der Waals surface area contributed by atoms with Gasteiger partial charge in [-0.15, -0.1) is 0 Å². The van der Waals surface area contributed by atoms with Crippen molar-refractivity contribution in [1.82, 2.24) is 0 Å². The van der Waals surface area contributed by atoms with Crippen LogP contribution in [0.5, 0.6) is 11.5 Å². The van der Waals surface area contributed by atoms with Crippen LogP contribution in [0.1, 0.15) is 15.9 Å². The number of carbonyl (C=O) groups excluding carboxylic acids is 2. The van der Waals surface area contributed by atoms with Crippen molar-refractivity contribution in [2.45, 2.75) is 6.42 Å². The quantitative estimate of drug-likeness (QED) is 0.817. The van der Waals surface area contributed by atoms with Gasteiger partial charge in [-0.05, 0) is 29.8 Å². The summed E-state index contributed by atoms with van der Waals surface area (Å²) in [5.41, 5.74) is 1.68. The topological polar surface area (TPSA) is 55.8 Å². The van der Waals surface area contributed by atoms with Crippen LogP contribution in [0.2, 0.25) is 0 Å². The van der Waals surface area contributed by atoms with Crippen LogP contribution in [0.15, 0.2) is 42.5 Å². The minimum absolute atomic E-state index is 0.149. The molecule has 112 valence electrons. The summed E-state index contributed by atoms with van der Waals surface area (Å²) in [5.74, 6) is 0.376. The Morgan fingerprint density at radius 3 is 2.23 bits per heavy atom. The molecule has 5 heteroatoms. The maximum atomic E-state index is 12.7. The largest absolute Gasteiger partial charge is 0.493 e. The van der Waals surface area contributed by atoms with Crippen LogP contribution < -0.4 is 14.4 Å². The van der Waals surface area contributed by atoms with Crippen molar-refractivity contribution in [3.05, 3.63) is 53.6 Å². The summed E-state index contributed by atoms with van der Waals surface area (Å²) in [6.45, 7) is 0. The van der Waals surface area contributed by atoms with E-state index in [9.17, 15) is 9.59 Å². The average molecular weight is 297 g/mol. The molecule has 0 aromatic heterocycles. The molecule has 2 amide bonds. The number of nitrogens with zero attached hydrogens (tertiary/aromatic N) is 1. The first-order valence-corrected chi connectivity index (χ1v) is 6.83. The molecular weight excluding hydrogens is 282 g/mol. The Labute approximate surface area is 128 Å². The van der Waals surface area contributed by atoms with E-state index < -0.39 is 0 Å². The first-order valence-electron chi connectivity index (χ1n) is 6.83. The van der Waals surface area contributed by atoms with E-state index >= 15 is 0 Å². The highest BCUT2D eigenvalue weighted by Gasteiger charge is 2.33. The van der Waals surface area contributed by atoms with Crippen LogP contribution in [-0.4, -0.2) is 26.0 Å². The monoisotopic (exact) mass is 297 g/mol. The standard InChI is InChI=1S/C17H15NO4/c1-21-14-8-11-9-16(19)18(12-6-4-3-5-7-12)17(20)13(11)10-15(14)22-2/h3-8,10H,9H2,1-2H3. The third kappa shape index (κ3) is 2.20. The Hall–Kier alpha value is -2.82. The first kappa shape index (κ1) is 14.1. The zero-order valence-corrected chi connectivity index (χ0v) is 12.3. The number of carbonyl (C=O) groups is 2. The molecule has 0 N–H and O–H groups in total. The van der Waals surface area contributed by atoms with Gasteiger partial charge in [0.25, 0.3) is 5.91 Å². The Morgan fingerprint density at radius 2 is 1.59 bits per heavy atom. The molecule has 0 radical (unpaired) electrons. The van der Waals surface area contributed by atoms with E-state index in [0.29, 0.717) is 28.3 Å². The van der Waals surface area contributed by atoms with Gasteiger partial charge in [0.15, 0.2) is 11.5 Å². The molecule has 0 saturated heterocycles. The number of para-hydroxylation sites is 1. The SMILES string of the molecule is COc1cc2c(cc1OC)C(=O)N(c1ccccc1)C(=O)C2. The summed E-state index contributed by atoms with van der Waals surface area (Å²) in [7, 11) is 3.03. The van der Waals surface area contributed by atoms with Crippen LogP contribution in [0, 0.1) is 0 Å². The van der Waals surface area contributed by atoms with Crippen LogP contribution in [0.4, 0.5) is 5.69 Å². The van der Waals surface area contributed by atoms with Crippen molar-refractivity contribution >= 4 is 17.5 Å². The number of rotatable bonds is 3. The lowest BCUT2D eigenvalue weighted by atomic mass is 9.97. The third-order valence-corrected chi connectivity index (χ3v) is 3.65. The smallest absolute Gasteiger partial charge is 0.265 e. The summed E-state index contributed by atoms with van der Waals surface area (Å²) in [5, 5.41) is 0. The molecule has 3 rings (SSSR count). The Kier molecular flexibility index (Phi) is 3.55. The summed E-state index contributed by atoms with van der Waals surface area (Å²) in [6.07, 6.45) is 0.149. The summed E-state index contributed by atoms with van der Waals surface area (Å²) >= 11 is 0. The van der Waals surface area contributed by atoms with E-state index in [4.69, 9.17) is 9.47 Å². The minimum Gasteiger partial charge on any atom is -0.493 e. The lowest BCUT2D eigenvalue weighted by molar-refractivity contribution is -0.117. The van der Waals surface area contributed by atoms with Gasteiger partial charge in [-0.25, -0.2) is 4.90 Å². The molecular formula is C17H15NO4. The lowest BCUT2D eigenvalue weighted by Gasteiger charge is -2.27. The second-order valence-electron chi connectivity index (χ2n) is 4.91. The maximum Gasteiger partial charge on any atom is 0.265 e. The van der Waals surface area contributed by atoms with Gasteiger partial charge < -0.3 is 9.47 Å². The van der Waals surface area contributed by atoms with Crippen molar-refractivity contribution in [1.29, 1.82) is 0 Å². The molecule has 22 heavy (non-hydrogen) atoms. The highest BCUT2D eigenvalue weighted by molar-refractivity contribution is 6.24. The van der Waals surface area contributed by atoms with Crippen LogP contribution in [-0.2, 0) is 11.2 Å². The van der Waals surface area contributed by atoms with E-state index in [-0.39, 0.29) is 18.2 Å². The molecule has 0 bridgehead atoms. The van der Waals surface area contributed by atoms with E-state index in [1.54, 1.807) is 36.4 Å². The van der Waals surface area contributed by atoms with Crippen LogP contribution in [0.3, 0.4) is 0 Å². The van der Waals surface area contributed by atoms with E-state index in [2.05, 4.69) is 0 Å². The van der Waals surface area contributed by atoms with Gasteiger partial charge in [-0.1, -0.05) is 18.2 Å². The molecule has 0 fully saturated rings. The highest BCUT2D eigenvalue weighted by atomic mass is 16.5. The lowest BCUT2D eigenvalue weighted by Crippen LogP contribution is -2.42. The number of hydrogen-bond donors (Lipinski definition) is 0. The van der Waals surface area contributed by atoms with Gasteiger partial charge in [-0.3, -0.25) is 9.59 Å². The second-order valence-corrected chi connectivity index (χ2v) is 4.91. The summed E-state index contributed by atoms with van der Waals surface area (Å²) < 4.78 is 10.5. The Bertz CT molecular complexity index is 740. The van der Waals surface area contributed by atoms with Gasteiger partial charge in [0, 0.05) is 5.56 Å². The molecule has 0 saturated carbocycles. The van der Waals surface area contributed by atoms with Gasteiger partial charge in [0.1, 0.15) is 0 Å².